The molecule has 6 nitrogen and oxygen atoms in total. The first-order valence-electron chi connectivity index (χ1n) is 15.4. The fraction of sp³-hybridized carbons (Fsp3) is 0.351. The molecule has 2 fully saturated rings. The molecule has 4 atom stereocenters. The van der Waals surface area contributed by atoms with Crippen LogP contribution >= 0.6 is 0 Å². The maximum Gasteiger partial charge on any atom is 0.238 e. The summed E-state index contributed by atoms with van der Waals surface area (Å²) in [5.41, 5.74) is 9.13. The van der Waals surface area contributed by atoms with Crippen LogP contribution in [-0.4, -0.2) is 29.6 Å². The number of nitrogens with one attached hydrogen (secondary N) is 1. The number of para-hydroxylation sites is 1. The highest BCUT2D eigenvalue weighted by atomic mass is 16.5. The molecule has 43 heavy (non-hydrogen) atoms. The number of phenols is 1. The van der Waals surface area contributed by atoms with E-state index in [1.54, 1.807) is 0 Å². The summed E-state index contributed by atoms with van der Waals surface area (Å²) in [6.45, 7) is 8.60. The lowest BCUT2D eigenvalue weighted by Crippen LogP contribution is -2.34. The smallest absolute Gasteiger partial charge is 0.238 e. The average Bonchev–Trinajstić information content (AvgIpc) is 3.53. The second kappa shape index (κ2) is 11.8. The van der Waals surface area contributed by atoms with E-state index in [1.165, 1.54) is 21.6 Å². The van der Waals surface area contributed by atoms with Crippen molar-refractivity contribution in [2.45, 2.75) is 59.5 Å². The second-order valence-corrected chi connectivity index (χ2v) is 12.3. The highest BCUT2D eigenvalue weighted by molar-refractivity contribution is 6.22. The Morgan fingerprint density at radius 2 is 1.65 bits per heavy atom. The van der Waals surface area contributed by atoms with Gasteiger partial charge in [-0.15, -0.1) is 0 Å². The molecule has 0 radical (unpaired) electrons. The van der Waals surface area contributed by atoms with Crippen LogP contribution in [0.1, 0.15) is 56.2 Å². The number of hydrogen-bond donors (Lipinski definition) is 2. The minimum atomic E-state index is -0.371. The summed E-state index contributed by atoms with van der Waals surface area (Å²) in [7, 11) is 0. The highest BCUT2D eigenvalue weighted by Crippen LogP contribution is 2.51. The van der Waals surface area contributed by atoms with Crippen LogP contribution in [0.5, 0.6) is 5.75 Å². The Balaban J connectivity index is 1.17. The molecule has 2 N–H and O–H groups in total. The molecule has 6 rings (SSSR count). The Labute approximate surface area is 254 Å². The first-order valence-corrected chi connectivity index (χ1v) is 15.4. The van der Waals surface area contributed by atoms with Crippen LogP contribution in [0.4, 0.5) is 17.1 Å². The van der Waals surface area contributed by atoms with E-state index < -0.39 is 0 Å². The summed E-state index contributed by atoms with van der Waals surface area (Å²) >= 11 is 0. The van der Waals surface area contributed by atoms with E-state index in [1.807, 2.05) is 80.6 Å². The van der Waals surface area contributed by atoms with Gasteiger partial charge >= 0.3 is 0 Å². The number of aryl methyl sites for hydroxylation is 2. The number of allylic oxidation sites excluding steroid dienone is 2. The van der Waals surface area contributed by atoms with E-state index in [0.717, 1.165) is 47.3 Å². The molecule has 0 aromatic heterocycles. The number of anilines is 3. The van der Waals surface area contributed by atoms with Gasteiger partial charge in [-0.2, -0.15) is 0 Å². The van der Waals surface area contributed by atoms with Gasteiger partial charge in [-0.05, 0) is 117 Å². The van der Waals surface area contributed by atoms with Gasteiger partial charge in [-0.1, -0.05) is 42.3 Å². The number of aromatic hydroxyl groups is 1. The second-order valence-electron chi connectivity index (χ2n) is 12.3. The molecule has 0 spiro atoms. The van der Waals surface area contributed by atoms with Gasteiger partial charge in [-0.25, -0.2) is 0 Å². The summed E-state index contributed by atoms with van der Waals surface area (Å²) in [5, 5.41) is 13.5. The zero-order valence-electron chi connectivity index (χ0n) is 25.4. The van der Waals surface area contributed by atoms with Crippen LogP contribution < -0.4 is 10.2 Å². The number of fused-ring (bicyclic) bond motifs is 3. The van der Waals surface area contributed by atoms with Gasteiger partial charge in [0, 0.05) is 17.3 Å². The van der Waals surface area contributed by atoms with Gasteiger partial charge in [0.05, 0.1) is 30.2 Å². The van der Waals surface area contributed by atoms with Gasteiger partial charge in [0.25, 0.3) is 0 Å². The number of imide groups is 1. The minimum Gasteiger partial charge on any atom is -0.507 e. The minimum absolute atomic E-state index is 0.0344. The molecule has 6 heteroatoms. The molecular formula is C37H40N2O4. The van der Waals surface area contributed by atoms with Crippen LogP contribution in [-0.2, 0) is 14.3 Å². The largest absolute Gasteiger partial charge is 0.507 e. The molecule has 0 saturated carbocycles. The lowest BCUT2D eigenvalue weighted by Gasteiger charge is -2.31. The number of rotatable bonds is 8. The highest BCUT2D eigenvalue weighted by Gasteiger charge is 2.57. The van der Waals surface area contributed by atoms with Gasteiger partial charge in [0.1, 0.15) is 5.75 Å². The van der Waals surface area contributed by atoms with Crippen molar-refractivity contribution in [3.05, 3.63) is 100 Å². The first-order chi connectivity index (χ1) is 20.7. The standard InChI is InChI=1S/C37H40N2O4/c1-5-26-20-30-34(37(42)39(36(30)41)29-14-12-28(13-15-29)38-27-9-7-6-8-10-27)31-21-43-32(33(26)31)16-11-22(2)17-25-18-23(3)35(40)24(4)19-25/h6-10,12-15,17-19,30-32,34,38,40H,5,11,16,20-21H2,1-4H3/b22-17+/t30-,31+,32-,34-/m1/s1. The maximum atomic E-state index is 13.9. The number of benzene rings is 3. The Morgan fingerprint density at radius 1 is 0.977 bits per heavy atom. The van der Waals surface area contributed by atoms with E-state index >= 15 is 0 Å². The van der Waals surface area contributed by atoms with Crippen LogP contribution in [0.25, 0.3) is 6.08 Å². The van der Waals surface area contributed by atoms with Gasteiger partial charge in [0.2, 0.25) is 11.8 Å². The molecule has 0 bridgehead atoms. The predicted molar refractivity (Wildman–Crippen MR) is 171 cm³/mol. The van der Waals surface area contributed by atoms with E-state index in [4.69, 9.17) is 4.74 Å². The lowest BCUT2D eigenvalue weighted by molar-refractivity contribution is -0.122. The average molecular weight is 577 g/mol. The van der Waals surface area contributed by atoms with Gasteiger partial charge in [-0.3, -0.25) is 14.5 Å². The predicted octanol–water partition coefficient (Wildman–Crippen LogP) is 7.87. The SMILES string of the molecule is CCC1=C2[C@@H](CC/C(C)=C/c3cc(C)c(O)c(C)c3)OC[C@@H]2[C@@H]2C(=O)N(c3ccc(Nc4ccccc4)cc3)C(=O)[C@@H]2C1. The number of ether oxygens (including phenoxy) is 1. The fourth-order valence-corrected chi connectivity index (χ4v) is 7.24. The molecule has 1 aliphatic carbocycles. The van der Waals surface area contributed by atoms with Crippen molar-refractivity contribution in [1.82, 2.24) is 0 Å². The molecule has 3 aliphatic rings. The Hall–Kier alpha value is -4.16. The molecular weight excluding hydrogens is 536 g/mol. The Kier molecular flexibility index (Phi) is 7.97. The third kappa shape index (κ3) is 5.52. The van der Waals surface area contributed by atoms with Crippen LogP contribution in [0.15, 0.2) is 83.4 Å². The topological polar surface area (TPSA) is 78.9 Å². The van der Waals surface area contributed by atoms with Gasteiger partial charge < -0.3 is 15.2 Å². The lowest BCUT2D eigenvalue weighted by atomic mass is 9.69. The van der Waals surface area contributed by atoms with E-state index in [-0.39, 0.29) is 35.7 Å². The number of hydrogen-bond acceptors (Lipinski definition) is 5. The summed E-state index contributed by atoms with van der Waals surface area (Å²) in [6.07, 6.45) is 5.34. The molecule has 2 amide bonds. The third-order valence-electron chi connectivity index (χ3n) is 9.35. The van der Waals surface area contributed by atoms with E-state index in [9.17, 15) is 14.7 Å². The molecule has 2 heterocycles. The zero-order valence-corrected chi connectivity index (χ0v) is 25.4. The quantitative estimate of drug-likeness (QED) is 0.211. The van der Waals surface area contributed by atoms with Crippen molar-refractivity contribution < 1.29 is 19.4 Å². The van der Waals surface area contributed by atoms with E-state index in [2.05, 4.69) is 25.2 Å². The molecule has 3 aromatic rings. The number of carbonyl (C=O) groups is 2. The molecule has 0 unspecified atom stereocenters. The molecule has 222 valence electrons. The molecule has 2 saturated heterocycles. The molecule has 3 aromatic carbocycles. The third-order valence-corrected chi connectivity index (χ3v) is 9.35. The molecule has 2 aliphatic heterocycles. The van der Waals surface area contributed by atoms with Crippen molar-refractivity contribution >= 4 is 35.0 Å². The summed E-state index contributed by atoms with van der Waals surface area (Å²) in [4.78, 5) is 29.0. The zero-order chi connectivity index (χ0) is 30.2. The van der Waals surface area contributed by atoms with Crippen LogP contribution in [0, 0.1) is 31.6 Å². The normalized spacial score (nSPS) is 23.5. The van der Waals surface area contributed by atoms with Crippen molar-refractivity contribution in [2.75, 3.05) is 16.8 Å². The van der Waals surface area contributed by atoms with Crippen LogP contribution in [0.3, 0.4) is 0 Å². The van der Waals surface area contributed by atoms with Crippen molar-refractivity contribution in [2.24, 2.45) is 17.8 Å². The summed E-state index contributed by atoms with van der Waals surface area (Å²) in [6, 6.07) is 21.5. The fourth-order valence-electron chi connectivity index (χ4n) is 7.24. The van der Waals surface area contributed by atoms with Crippen LogP contribution in [0.2, 0.25) is 0 Å². The number of carbonyl (C=O) groups excluding carboxylic acids is 2. The van der Waals surface area contributed by atoms with Gasteiger partial charge in [0.15, 0.2) is 0 Å². The van der Waals surface area contributed by atoms with Crippen molar-refractivity contribution in [1.29, 1.82) is 0 Å². The van der Waals surface area contributed by atoms with E-state index in [0.29, 0.717) is 24.5 Å². The number of nitrogens with zero attached hydrogens (tertiary/aromatic N) is 1. The maximum absolute atomic E-state index is 13.9. The Morgan fingerprint density at radius 3 is 2.33 bits per heavy atom. The first kappa shape index (κ1) is 28.9. The van der Waals surface area contributed by atoms with Crippen molar-refractivity contribution in [3.8, 4) is 5.75 Å². The summed E-state index contributed by atoms with van der Waals surface area (Å²) < 4.78 is 6.38. The Bertz CT molecular complexity index is 1580. The number of phenolic OH excluding ortho intramolecular Hbond substituents is 1. The summed E-state index contributed by atoms with van der Waals surface area (Å²) in [5.74, 6) is -0.593. The monoisotopic (exact) mass is 576 g/mol. The number of amides is 2. The van der Waals surface area contributed by atoms with Crippen molar-refractivity contribution in [3.63, 3.8) is 0 Å².